The lowest BCUT2D eigenvalue weighted by Gasteiger charge is -2.13. The van der Waals surface area contributed by atoms with Crippen LogP contribution in [0.1, 0.15) is 0 Å². The quantitative estimate of drug-likeness (QED) is 0.320. The second kappa shape index (κ2) is 9.67. The molecule has 12 heteroatoms. The van der Waals surface area contributed by atoms with Crippen LogP contribution in [0.2, 0.25) is 0 Å². The Labute approximate surface area is 180 Å². The van der Waals surface area contributed by atoms with E-state index in [1.165, 1.54) is 48.5 Å². The molecule has 0 aliphatic heterocycles. The smallest absolute Gasteiger partial charge is 0.308 e. The standard InChI is InChI=1S/C20H16N6O6/c27-19(21-13-5-9-15(10-6-13)25(29)30)23-17-3-1-2-4-18(17)24-20(28)22-14-7-11-16(12-8-14)26(31)32/h1-12H,(H2,21,23,27)(H2,22,24,28). The summed E-state index contributed by atoms with van der Waals surface area (Å²) in [6.07, 6.45) is 0. The zero-order valence-electron chi connectivity index (χ0n) is 16.3. The van der Waals surface area contributed by atoms with Gasteiger partial charge >= 0.3 is 12.1 Å². The molecule has 0 spiro atoms. The molecule has 0 aliphatic carbocycles. The number of nitrogens with zero attached hydrogens (tertiary/aromatic N) is 2. The predicted octanol–water partition coefficient (Wildman–Crippen LogP) is 4.79. The number of carbonyl (C=O) groups excluding carboxylic acids is 2. The summed E-state index contributed by atoms with van der Waals surface area (Å²) in [7, 11) is 0. The molecule has 32 heavy (non-hydrogen) atoms. The number of amides is 4. The van der Waals surface area contributed by atoms with E-state index in [1.54, 1.807) is 24.3 Å². The number of anilines is 4. The summed E-state index contributed by atoms with van der Waals surface area (Å²) in [5.74, 6) is 0. The summed E-state index contributed by atoms with van der Waals surface area (Å²) in [5.41, 5.74) is 1.06. The molecule has 4 amide bonds. The third kappa shape index (κ3) is 5.76. The second-order valence-corrected chi connectivity index (χ2v) is 6.31. The van der Waals surface area contributed by atoms with Gasteiger partial charge in [-0.25, -0.2) is 9.59 Å². The highest BCUT2D eigenvalue weighted by atomic mass is 16.6. The van der Waals surface area contributed by atoms with Gasteiger partial charge in [-0.1, -0.05) is 12.1 Å². The van der Waals surface area contributed by atoms with Crippen LogP contribution < -0.4 is 21.3 Å². The van der Waals surface area contributed by atoms with Crippen LogP contribution in [-0.4, -0.2) is 21.9 Å². The average molecular weight is 436 g/mol. The van der Waals surface area contributed by atoms with Gasteiger partial charge in [0, 0.05) is 35.6 Å². The molecule has 0 aliphatic rings. The van der Waals surface area contributed by atoms with E-state index in [0.717, 1.165) is 0 Å². The highest BCUT2D eigenvalue weighted by Gasteiger charge is 2.11. The van der Waals surface area contributed by atoms with Crippen LogP contribution in [0.5, 0.6) is 0 Å². The molecule has 12 nitrogen and oxygen atoms in total. The molecule has 0 atom stereocenters. The summed E-state index contributed by atoms with van der Waals surface area (Å²) >= 11 is 0. The molecular weight excluding hydrogens is 420 g/mol. The first-order chi connectivity index (χ1) is 15.3. The fourth-order valence-electron chi connectivity index (χ4n) is 2.60. The molecule has 4 N–H and O–H groups in total. The Kier molecular flexibility index (Phi) is 6.56. The number of hydrogen-bond acceptors (Lipinski definition) is 6. The first kappa shape index (κ1) is 21.7. The van der Waals surface area contributed by atoms with Crippen LogP contribution in [0.3, 0.4) is 0 Å². The average Bonchev–Trinajstić information content (AvgIpc) is 2.76. The first-order valence-corrected chi connectivity index (χ1v) is 9.06. The van der Waals surface area contributed by atoms with Gasteiger partial charge in [0.25, 0.3) is 11.4 Å². The summed E-state index contributed by atoms with van der Waals surface area (Å²) < 4.78 is 0. The Morgan fingerprint density at radius 1 is 0.562 bits per heavy atom. The summed E-state index contributed by atoms with van der Waals surface area (Å²) in [4.78, 5) is 44.9. The molecule has 0 unspecified atom stereocenters. The van der Waals surface area contributed by atoms with Crippen molar-refractivity contribution in [3.63, 3.8) is 0 Å². The van der Waals surface area contributed by atoms with Crippen molar-refractivity contribution in [1.82, 2.24) is 0 Å². The van der Waals surface area contributed by atoms with Crippen molar-refractivity contribution in [1.29, 1.82) is 0 Å². The maximum absolute atomic E-state index is 12.3. The van der Waals surface area contributed by atoms with Gasteiger partial charge in [-0.05, 0) is 36.4 Å². The van der Waals surface area contributed by atoms with Crippen LogP contribution in [0, 0.1) is 20.2 Å². The topological polar surface area (TPSA) is 169 Å². The first-order valence-electron chi connectivity index (χ1n) is 9.06. The van der Waals surface area contributed by atoms with Crippen LogP contribution in [-0.2, 0) is 0 Å². The van der Waals surface area contributed by atoms with Gasteiger partial charge in [-0.15, -0.1) is 0 Å². The van der Waals surface area contributed by atoms with E-state index in [2.05, 4.69) is 21.3 Å². The molecule has 0 bridgehead atoms. The van der Waals surface area contributed by atoms with Crippen LogP contribution in [0.4, 0.5) is 43.7 Å². The summed E-state index contributed by atoms with van der Waals surface area (Å²) in [6, 6.07) is 15.8. The Morgan fingerprint density at radius 2 is 0.906 bits per heavy atom. The fraction of sp³-hybridized carbons (Fsp3) is 0. The van der Waals surface area contributed by atoms with Gasteiger partial charge in [-0.2, -0.15) is 0 Å². The van der Waals surface area contributed by atoms with Crippen LogP contribution in [0.25, 0.3) is 0 Å². The molecular formula is C20H16N6O6. The largest absolute Gasteiger partial charge is 0.323 e. The fourth-order valence-corrected chi connectivity index (χ4v) is 2.60. The van der Waals surface area contributed by atoms with E-state index in [1.807, 2.05) is 0 Å². The lowest BCUT2D eigenvalue weighted by atomic mass is 10.2. The van der Waals surface area contributed by atoms with E-state index in [4.69, 9.17) is 0 Å². The number of hydrogen-bond donors (Lipinski definition) is 4. The molecule has 0 heterocycles. The third-order valence-electron chi connectivity index (χ3n) is 4.10. The number of para-hydroxylation sites is 2. The molecule has 3 aromatic rings. The maximum Gasteiger partial charge on any atom is 0.323 e. The van der Waals surface area contributed by atoms with E-state index >= 15 is 0 Å². The minimum atomic E-state index is -0.621. The summed E-state index contributed by atoms with van der Waals surface area (Å²) in [6.45, 7) is 0. The lowest BCUT2D eigenvalue weighted by Crippen LogP contribution is -2.23. The van der Waals surface area contributed by atoms with Gasteiger partial charge in [0.15, 0.2) is 0 Å². The predicted molar refractivity (Wildman–Crippen MR) is 118 cm³/mol. The van der Waals surface area contributed by atoms with E-state index < -0.39 is 21.9 Å². The number of rotatable bonds is 6. The van der Waals surface area contributed by atoms with Crippen molar-refractivity contribution >= 4 is 46.2 Å². The number of nitro groups is 2. The second-order valence-electron chi connectivity index (χ2n) is 6.31. The Morgan fingerprint density at radius 3 is 1.22 bits per heavy atom. The number of benzene rings is 3. The minimum absolute atomic E-state index is 0.107. The van der Waals surface area contributed by atoms with Crippen molar-refractivity contribution in [2.45, 2.75) is 0 Å². The van der Waals surface area contributed by atoms with E-state index in [-0.39, 0.29) is 11.4 Å². The van der Waals surface area contributed by atoms with Crippen LogP contribution in [0.15, 0.2) is 72.8 Å². The molecule has 3 aromatic carbocycles. The molecule has 0 radical (unpaired) electrons. The van der Waals surface area contributed by atoms with Gasteiger partial charge < -0.3 is 21.3 Å². The van der Waals surface area contributed by atoms with Crippen molar-refractivity contribution in [3.05, 3.63) is 93.0 Å². The van der Waals surface area contributed by atoms with Gasteiger partial charge in [0.1, 0.15) is 0 Å². The van der Waals surface area contributed by atoms with Gasteiger partial charge in [0.2, 0.25) is 0 Å². The van der Waals surface area contributed by atoms with Crippen molar-refractivity contribution in [2.75, 3.05) is 21.3 Å². The minimum Gasteiger partial charge on any atom is -0.308 e. The summed E-state index contributed by atoms with van der Waals surface area (Å²) in [5, 5.41) is 31.6. The maximum atomic E-state index is 12.3. The van der Waals surface area contributed by atoms with Crippen molar-refractivity contribution in [2.24, 2.45) is 0 Å². The molecule has 3 rings (SSSR count). The monoisotopic (exact) mass is 436 g/mol. The lowest BCUT2D eigenvalue weighted by molar-refractivity contribution is -0.385. The highest BCUT2D eigenvalue weighted by Crippen LogP contribution is 2.23. The normalized spacial score (nSPS) is 10.0. The number of urea groups is 2. The van der Waals surface area contributed by atoms with E-state index in [9.17, 15) is 29.8 Å². The molecule has 0 fully saturated rings. The molecule has 0 aromatic heterocycles. The van der Waals surface area contributed by atoms with Crippen molar-refractivity contribution < 1.29 is 19.4 Å². The van der Waals surface area contributed by atoms with Gasteiger partial charge in [0.05, 0.1) is 21.2 Å². The Bertz CT molecular complexity index is 1070. The zero-order chi connectivity index (χ0) is 23.1. The van der Waals surface area contributed by atoms with Crippen molar-refractivity contribution in [3.8, 4) is 0 Å². The number of non-ortho nitro benzene ring substituents is 2. The Balaban J connectivity index is 1.62. The third-order valence-corrected chi connectivity index (χ3v) is 4.10. The number of carbonyl (C=O) groups is 2. The number of nitrogens with one attached hydrogen (secondary N) is 4. The SMILES string of the molecule is O=C(Nc1ccc([N+](=O)[O-])cc1)Nc1ccccc1NC(=O)Nc1ccc([N+](=O)[O-])cc1. The van der Waals surface area contributed by atoms with Gasteiger partial charge in [-0.3, -0.25) is 20.2 Å². The van der Waals surface area contributed by atoms with E-state index in [0.29, 0.717) is 22.7 Å². The zero-order valence-corrected chi connectivity index (χ0v) is 16.3. The molecule has 0 saturated carbocycles. The van der Waals surface area contributed by atoms with Crippen LogP contribution >= 0.6 is 0 Å². The Hall–Kier alpha value is -5.00. The highest BCUT2D eigenvalue weighted by molar-refractivity contribution is 6.06. The number of nitro benzene ring substituents is 2. The molecule has 0 saturated heterocycles. The molecule has 162 valence electrons.